The van der Waals surface area contributed by atoms with Crippen molar-refractivity contribution in [3.05, 3.63) is 46.9 Å². The van der Waals surface area contributed by atoms with Crippen LogP contribution in [-0.2, 0) is 18.0 Å². The molecule has 0 fully saturated rings. The molecule has 1 aromatic carbocycles. The van der Waals surface area contributed by atoms with Crippen molar-refractivity contribution < 1.29 is 31.9 Å². The van der Waals surface area contributed by atoms with Crippen molar-refractivity contribution in [3.8, 4) is 0 Å². The van der Waals surface area contributed by atoms with Gasteiger partial charge in [0.05, 0.1) is 0 Å². The first-order valence-corrected chi connectivity index (χ1v) is 6.46. The van der Waals surface area contributed by atoms with E-state index >= 15 is 0 Å². The molecular weight excluding hydrogens is 334 g/mol. The van der Waals surface area contributed by atoms with E-state index in [1.807, 2.05) is 0 Å². The van der Waals surface area contributed by atoms with Gasteiger partial charge in [-0.05, 0) is 24.3 Å². The van der Waals surface area contributed by atoms with Gasteiger partial charge in [0, 0.05) is 12.6 Å². The normalized spacial score (nSPS) is 11.4. The number of carbonyl (C=O) groups excluding carboxylic acids is 2. The fourth-order valence-electron chi connectivity index (χ4n) is 1.86. The molecule has 128 valence electrons. The zero-order chi connectivity index (χ0) is 18.1. The van der Waals surface area contributed by atoms with Gasteiger partial charge in [0.1, 0.15) is 17.2 Å². The van der Waals surface area contributed by atoms with Crippen molar-refractivity contribution in [3.63, 3.8) is 0 Å². The monoisotopic (exact) mass is 345 g/mol. The van der Waals surface area contributed by atoms with Crippen LogP contribution in [0.5, 0.6) is 0 Å². The molecule has 0 bridgehead atoms. The number of esters is 1. The van der Waals surface area contributed by atoms with Gasteiger partial charge in [0.25, 0.3) is 0 Å². The van der Waals surface area contributed by atoms with Gasteiger partial charge < -0.3 is 10.5 Å². The molecule has 0 spiro atoms. The number of nitrogen functional groups attached to an aromatic ring is 1. The molecule has 1 heterocycles. The predicted octanol–water partition coefficient (Wildman–Crippen LogP) is 2.20. The van der Waals surface area contributed by atoms with Gasteiger partial charge in [-0.25, -0.2) is 9.18 Å². The molecule has 6 nitrogen and oxygen atoms in total. The number of nitrogens with zero attached hydrogens (tertiary/aromatic N) is 2. The number of carbonyl (C=O) groups is 2. The molecule has 0 unspecified atom stereocenters. The zero-order valence-electron chi connectivity index (χ0n) is 12.2. The summed E-state index contributed by atoms with van der Waals surface area (Å²) in [4.78, 5) is 23.7. The molecule has 0 radical (unpaired) electrons. The van der Waals surface area contributed by atoms with E-state index in [1.54, 1.807) is 0 Å². The lowest BCUT2D eigenvalue weighted by Crippen LogP contribution is -2.18. The van der Waals surface area contributed by atoms with Crippen molar-refractivity contribution in [1.82, 2.24) is 9.78 Å². The lowest BCUT2D eigenvalue weighted by molar-refractivity contribution is -0.142. The average Bonchev–Trinajstić information content (AvgIpc) is 2.81. The van der Waals surface area contributed by atoms with Gasteiger partial charge in [-0.3, -0.25) is 9.48 Å². The Labute approximate surface area is 132 Å². The molecule has 1 aromatic heterocycles. The van der Waals surface area contributed by atoms with E-state index in [0.29, 0.717) is 4.68 Å². The third-order valence-corrected chi connectivity index (χ3v) is 3.06. The molecule has 0 aliphatic rings. The molecule has 24 heavy (non-hydrogen) atoms. The molecular formula is C14H11F4N3O3. The summed E-state index contributed by atoms with van der Waals surface area (Å²) in [5.41, 5.74) is 2.99. The highest BCUT2D eigenvalue weighted by Crippen LogP contribution is 2.33. The first kappa shape index (κ1) is 17.4. The van der Waals surface area contributed by atoms with E-state index in [2.05, 4.69) is 9.84 Å². The molecule has 10 heteroatoms. The summed E-state index contributed by atoms with van der Waals surface area (Å²) >= 11 is 0. The Morgan fingerprint density at radius 1 is 1.25 bits per heavy atom. The Morgan fingerprint density at radius 3 is 2.38 bits per heavy atom. The quantitative estimate of drug-likeness (QED) is 0.521. The molecule has 0 aliphatic heterocycles. The van der Waals surface area contributed by atoms with Gasteiger partial charge in [-0.15, -0.1) is 0 Å². The maximum Gasteiger partial charge on any atom is 0.436 e. The number of halogens is 4. The Balaban J connectivity index is 2.16. The van der Waals surface area contributed by atoms with Crippen LogP contribution in [0.4, 0.5) is 23.4 Å². The minimum atomic E-state index is -4.91. The van der Waals surface area contributed by atoms with Crippen LogP contribution in [-0.4, -0.2) is 28.1 Å². The zero-order valence-corrected chi connectivity index (χ0v) is 12.2. The van der Waals surface area contributed by atoms with Crippen molar-refractivity contribution in [2.45, 2.75) is 6.18 Å². The number of aromatic nitrogens is 2. The number of hydrogen-bond donors (Lipinski definition) is 1. The molecule has 0 saturated carbocycles. The number of aryl methyl sites for hydroxylation is 1. The number of anilines is 1. The van der Waals surface area contributed by atoms with E-state index < -0.39 is 47.4 Å². The molecule has 2 aromatic rings. The highest BCUT2D eigenvalue weighted by Gasteiger charge is 2.41. The Morgan fingerprint density at radius 2 is 1.83 bits per heavy atom. The number of nitrogens with two attached hydrogens (primary N) is 1. The predicted molar refractivity (Wildman–Crippen MR) is 73.6 cm³/mol. The minimum Gasteiger partial charge on any atom is -0.454 e. The second-order valence-corrected chi connectivity index (χ2v) is 4.74. The van der Waals surface area contributed by atoms with Crippen molar-refractivity contribution in [1.29, 1.82) is 0 Å². The summed E-state index contributed by atoms with van der Waals surface area (Å²) in [6.45, 7) is -0.823. The van der Waals surface area contributed by atoms with E-state index in [1.165, 1.54) is 0 Å². The molecule has 0 saturated heterocycles. The van der Waals surface area contributed by atoms with Crippen LogP contribution in [0.15, 0.2) is 24.3 Å². The number of ether oxygens (including phenoxy) is 1. The highest BCUT2D eigenvalue weighted by atomic mass is 19.4. The van der Waals surface area contributed by atoms with E-state index in [0.717, 1.165) is 31.3 Å². The summed E-state index contributed by atoms with van der Waals surface area (Å²) in [7, 11) is 1.13. The van der Waals surface area contributed by atoms with Crippen LogP contribution in [0.1, 0.15) is 26.4 Å². The van der Waals surface area contributed by atoms with Crippen LogP contribution in [0.3, 0.4) is 0 Å². The smallest absolute Gasteiger partial charge is 0.436 e. The van der Waals surface area contributed by atoms with Crippen LogP contribution in [0, 0.1) is 5.82 Å². The van der Waals surface area contributed by atoms with Crippen molar-refractivity contribution >= 4 is 17.6 Å². The van der Waals surface area contributed by atoms with Crippen molar-refractivity contribution in [2.75, 3.05) is 12.3 Å². The van der Waals surface area contributed by atoms with Crippen LogP contribution in [0.2, 0.25) is 0 Å². The molecule has 2 rings (SSSR count). The minimum absolute atomic E-state index is 0.0411. The third-order valence-electron chi connectivity index (χ3n) is 3.06. The summed E-state index contributed by atoms with van der Waals surface area (Å²) in [5.74, 6) is -3.24. The fourth-order valence-corrected chi connectivity index (χ4v) is 1.86. The molecule has 0 amide bonds. The number of rotatable bonds is 4. The first-order valence-electron chi connectivity index (χ1n) is 6.46. The van der Waals surface area contributed by atoms with Crippen LogP contribution >= 0.6 is 0 Å². The van der Waals surface area contributed by atoms with E-state index in [4.69, 9.17) is 5.73 Å². The highest BCUT2D eigenvalue weighted by molar-refractivity contribution is 6.01. The number of ketones is 1. The SMILES string of the molecule is Cn1nc(C(F)(F)F)c(C(=O)OCC(=O)c2ccc(F)cc2)c1N. The number of benzene rings is 1. The largest absolute Gasteiger partial charge is 0.454 e. The van der Waals surface area contributed by atoms with E-state index in [-0.39, 0.29) is 5.56 Å². The molecule has 0 atom stereocenters. The Bertz CT molecular complexity index is 782. The molecule has 2 N–H and O–H groups in total. The Kier molecular flexibility index (Phi) is 4.58. The Hall–Kier alpha value is -2.91. The number of alkyl halides is 3. The first-order chi connectivity index (χ1) is 11.1. The van der Waals surface area contributed by atoms with Crippen LogP contribution in [0.25, 0.3) is 0 Å². The summed E-state index contributed by atoms with van der Waals surface area (Å²) in [6.07, 6.45) is -4.91. The van der Waals surface area contributed by atoms with Gasteiger partial charge >= 0.3 is 12.1 Å². The van der Waals surface area contributed by atoms with Gasteiger partial charge in [-0.2, -0.15) is 18.3 Å². The van der Waals surface area contributed by atoms with Gasteiger partial charge in [-0.1, -0.05) is 0 Å². The summed E-state index contributed by atoms with van der Waals surface area (Å²) in [5, 5.41) is 3.14. The summed E-state index contributed by atoms with van der Waals surface area (Å²) < 4.78 is 56.6. The topological polar surface area (TPSA) is 87.2 Å². The van der Waals surface area contributed by atoms with Gasteiger partial charge in [0.15, 0.2) is 18.1 Å². The second-order valence-electron chi connectivity index (χ2n) is 4.74. The standard InChI is InChI=1S/C14H11F4N3O3/c1-21-12(19)10(11(20-21)14(16,17)18)13(23)24-6-9(22)7-2-4-8(15)5-3-7/h2-5H,6,19H2,1H3. The fraction of sp³-hybridized carbons (Fsp3) is 0.214. The lowest BCUT2D eigenvalue weighted by Gasteiger charge is -2.07. The number of hydrogen-bond acceptors (Lipinski definition) is 5. The number of Topliss-reactive ketones (excluding diaryl/α,β-unsaturated/α-hetero) is 1. The molecule has 0 aliphatic carbocycles. The van der Waals surface area contributed by atoms with Crippen LogP contribution < -0.4 is 5.73 Å². The lowest BCUT2D eigenvalue weighted by atomic mass is 10.1. The maximum absolute atomic E-state index is 12.9. The summed E-state index contributed by atoms with van der Waals surface area (Å²) in [6, 6.07) is 4.36. The van der Waals surface area contributed by atoms with Gasteiger partial charge in [0.2, 0.25) is 0 Å². The maximum atomic E-state index is 12.9. The second kappa shape index (κ2) is 6.30. The van der Waals surface area contributed by atoms with E-state index in [9.17, 15) is 27.2 Å². The third kappa shape index (κ3) is 3.53. The average molecular weight is 345 g/mol. The van der Waals surface area contributed by atoms with Crippen molar-refractivity contribution in [2.24, 2.45) is 7.05 Å².